The molecule has 0 aromatic heterocycles. The van der Waals surface area contributed by atoms with Crippen molar-refractivity contribution < 1.29 is 8.78 Å². The molecular weight excluding hydrogens is 268 g/mol. The lowest BCUT2D eigenvalue weighted by atomic mass is 10.1. The van der Waals surface area contributed by atoms with Crippen molar-refractivity contribution in [3.8, 4) is 0 Å². The number of halogens is 2. The SMILES string of the molecule is CN1CCC(NC(=S)Nc2ccc(F)c(F)c2)CC1. The summed E-state index contributed by atoms with van der Waals surface area (Å²) in [5, 5.41) is 6.51. The maximum absolute atomic E-state index is 13.0. The Hall–Kier alpha value is -1.27. The van der Waals surface area contributed by atoms with Crippen LogP contribution >= 0.6 is 12.2 Å². The van der Waals surface area contributed by atoms with Gasteiger partial charge in [-0.05, 0) is 57.3 Å². The van der Waals surface area contributed by atoms with Crippen LogP contribution in [0.3, 0.4) is 0 Å². The number of anilines is 1. The molecule has 0 atom stereocenters. The van der Waals surface area contributed by atoms with E-state index in [2.05, 4.69) is 22.6 Å². The quantitative estimate of drug-likeness (QED) is 0.816. The summed E-state index contributed by atoms with van der Waals surface area (Å²) in [5.74, 6) is -1.74. The van der Waals surface area contributed by atoms with Crippen molar-refractivity contribution in [3.63, 3.8) is 0 Å². The van der Waals surface area contributed by atoms with Gasteiger partial charge in [0.2, 0.25) is 0 Å². The highest BCUT2D eigenvalue weighted by Gasteiger charge is 2.17. The average molecular weight is 285 g/mol. The van der Waals surface area contributed by atoms with Crippen LogP contribution in [0.15, 0.2) is 18.2 Å². The summed E-state index contributed by atoms with van der Waals surface area (Å²) in [5.41, 5.74) is 0.448. The predicted molar refractivity (Wildman–Crippen MR) is 76.2 cm³/mol. The third kappa shape index (κ3) is 4.11. The van der Waals surface area contributed by atoms with E-state index in [4.69, 9.17) is 12.2 Å². The fourth-order valence-corrected chi connectivity index (χ4v) is 2.36. The van der Waals surface area contributed by atoms with Crippen LogP contribution in [0.1, 0.15) is 12.8 Å². The third-order valence-electron chi connectivity index (χ3n) is 3.23. The molecule has 19 heavy (non-hydrogen) atoms. The van der Waals surface area contributed by atoms with Crippen LogP contribution < -0.4 is 10.6 Å². The maximum atomic E-state index is 13.0. The number of likely N-dealkylation sites (tertiary alicyclic amines) is 1. The van der Waals surface area contributed by atoms with E-state index >= 15 is 0 Å². The van der Waals surface area contributed by atoms with Crippen molar-refractivity contribution in [2.24, 2.45) is 0 Å². The molecule has 0 bridgehead atoms. The largest absolute Gasteiger partial charge is 0.360 e. The minimum atomic E-state index is -0.882. The Bertz CT molecular complexity index is 459. The fourth-order valence-electron chi connectivity index (χ4n) is 2.08. The highest BCUT2D eigenvalue weighted by molar-refractivity contribution is 7.80. The first-order chi connectivity index (χ1) is 9.04. The van der Waals surface area contributed by atoms with Gasteiger partial charge in [-0.1, -0.05) is 0 Å². The Labute approximate surface area is 117 Å². The highest BCUT2D eigenvalue weighted by atomic mass is 32.1. The van der Waals surface area contributed by atoms with E-state index in [1.54, 1.807) is 0 Å². The molecule has 0 unspecified atom stereocenters. The van der Waals surface area contributed by atoms with Gasteiger partial charge >= 0.3 is 0 Å². The zero-order chi connectivity index (χ0) is 13.8. The Balaban J connectivity index is 1.85. The molecule has 0 aliphatic carbocycles. The summed E-state index contributed by atoms with van der Waals surface area (Å²) in [4.78, 5) is 2.27. The van der Waals surface area contributed by atoms with Crippen LogP contribution in [0.4, 0.5) is 14.5 Å². The van der Waals surface area contributed by atoms with E-state index in [1.165, 1.54) is 6.07 Å². The summed E-state index contributed by atoms with van der Waals surface area (Å²) in [6.45, 7) is 2.07. The van der Waals surface area contributed by atoms with E-state index in [0.717, 1.165) is 38.1 Å². The van der Waals surface area contributed by atoms with E-state index < -0.39 is 11.6 Å². The van der Waals surface area contributed by atoms with E-state index in [1.807, 2.05) is 0 Å². The predicted octanol–water partition coefficient (Wildman–Crippen LogP) is 2.35. The lowest BCUT2D eigenvalue weighted by molar-refractivity contribution is 0.247. The number of nitrogens with zero attached hydrogens (tertiary/aromatic N) is 1. The Morgan fingerprint density at radius 3 is 2.58 bits per heavy atom. The summed E-state index contributed by atoms with van der Waals surface area (Å²) < 4.78 is 25.8. The van der Waals surface area contributed by atoms with Crippen molar-refractivity contribution in [1.29, 1.82) is 0 Å². The van der Waals surface area contributed by atoms with Gasteiger partial charge < -0.3 is 15.5 Å². The van der Waals surface area contributed by atoms with Gasteiger partial charge in [0, 0.05) is 17.8 Å². The average Bonchev–Trinajstić information content (AvgIpc) is 2.37. The minimum Gasteiger partial charge on any atom is -0.360 e. The van der Waals surface area contributed by atoms with Gasteiger partial charge in [-0.3, -0.25) is 0 Å². The van der Waals surface area contributed by atoms with Crippen molar-refractivity contribution in [2.45, 2.75) is 18.9 Å². The molecule has 104 valence electrons. The van der Waals surface area contributed by atoms with Gasteiger partial charge in [0.25, 0.3) is 0 Å². The highest BCUT2D eigenvalue weighted by Crippen LogP contribution is 2.13. The Morgan fingerprint density at radius 2 is 1.95 bits per heavy atom. The van der Waals surface area contributed by atoms with Gasteiger partial charge in [-0.2, -0.15) is 0 Å². The van der Waals surface area contributed by atoms with Crippen LogP contribution in [0.2, 0.25) is 0 Å². The summed E-state index contributed by atoms with van der Waals surface area (Å²) in [6, 6.07) is 3.97. The molecule has 2 N–H and O–H groups in total. The van der Waals surface area contributed by atoms with Crippen molar-refractivity contribution in [1.82, 2.24) is 10.2 Å². The second kappa shape index (κ2) is 6.25. The van der Waals surface area contributed by atoms with Crippen LogP contribution in [0, 0.1) is 11.6 Å². The number of nitrogens with one attached hydrogen (secondary N) is 2. The van der Waals surface area contributed by atoms with Crippen LogP contribution in [0.25, 0.3) is 0 Å². The molecule has 1 saturated heterocycles. The molecule has 2 rings (SSSR count). The molecule has 3 nitrogen and oxygen atoms in total. The maximum Gasteiger partial charge on any atom is 0.170 e. The second-order valence-electron chi connectivity index (χ2n) is 4.80. The molecule has 1 fully saturated rings. The molecule has 1 aliphatic heterocycles. The van der Waals surface area contributed by atoms with Gasteiger partial charge in [0.15, 0.2) is 16.7 Å². The van der Waals surface area contributed by atoms with Gasteiger partial charge in [0.1, 0.15) is 0 Å². The fraction of sp³-hybridized carbons (Fsp3) is 0.462. The molecule has 0 saturated carbocycles. The number of hydrogen-bond acceptors (Lipinski definition) is 2. The Kier molecular flexibility index (Phi) is 4.66. The van der Waals surface area contributed by atoms with Gasteiger partial charge in [-0.25, -0.2) is 8.78 Å². The normalized spacial score (nSPS) is 17.2. The number of thiocarbonyl (C=S) groups is 1. The first kappa shape index (κ1) is 14.1. The van der Waals surface area contributed by atoms with Crippen molar-refractivity contribution in [2.75, 3.05) is 25.5 Å². The van der Waals surface area contributed by atoms with E-state index in [-0.39, 0.29) is 0 Å². The molecule has 1 heterocycles. The topological polar surface area (TPSA) is 27.3 Å². The van der Waals surface area contributed by atoms with Crippen LogP contribution in [-0.4, -0.2) is 36.2 Å². The number of rotatable bonds is 2. The number of piperidine rings is 1. The molecule has 1 aromatic rings. The third-order valence-corrected chi connectivity index (χ3v) is 3.45. The summed E-state index contributed by atoms with van der Waals surface area (Å²) >= 11 is 5.17. The van der Waals surface area contributed by atoms with Gasteiger partial charge in [0.05, 0.1) is 0 Å². The molecule has 0 amide bonds. The molecule has 0 radical (unpaired) electrons. The molecule has 1 aromatic carbocycles. The molecule has 0 spiro atoms. The molecule has 6 heteroatoms. The monoisotopic (exact) mass is 285 g/mol. The zero-order valence-electron chi connectivity index (χ0n) is 10.7. The van der Waals surface area contributed by atoms with Crippen LogP contribution in [0.5, 0.6) is 0 Å². The van der Waals surface area contributed by atoms with E-state index in [0.29, 0.717) is 16.8 Å². The molecular formula is C13H17F2N3S. The lowest BCUT2D eigenvalue weighted by Crippen LogP contribution is -2.44. The lowest BCUT2D eigenvalue weighted by Gasteiger charge is -2.30. The van der Waals surface area contributed by atoms with Crippen molar-refractivity contribution >= 4 is 23.0 Å². The number of benzene rings is 1. The van der Waals surface area contributed by atoms with Crippen molar-refractivity contribution in [3.05, 3.63) is 29.8 Å². The first-order valence-corrected chi connectivity index (χ1v) is 6.66. The van der Waals surface area contributed by atoms with Gasteiger partial charge in [-0.15, -0.1) is 0 Å². The zero-order valence-corrected chi connectivity index (χ0v) is 11.6. The summed E-state index contributed by atoms with van der Waals surface area (Å²) in [7, 11) is 2.09. The van der Waals surface area contributed by atoms with E-state index in [9.17, 15) is 8.78 Å². The second-order valence-corrected chi connectivity index (χ2v) is 5.21. The van der Waals surface area contributed by atoms with Crippen LogP contribution in [-0.2, 0) is 0 Å². The Morgan fingerprint density at radius 1 is 1.26 bits per heavy atom. The minimum absolute atomic E-state index is 0.335. The smallest absolute Gasteiger partial charge is 0.170 e. The molecule has 1 aliphatic rings. The first-order valence-electron chi connectivity index (χ1n) is 6.25. The standard InChI is InChI=1S/C13H17F2N3S/c1-18-6-4-9(5-7-18)16-13(19)17-10-2-3-11(14)12(15)8-10/h2-3,8-9H,4-7H2,1H3,(H2,16,17,19). The number of hydrogen-bond donors (Lipinski definition) is 2. The summed E-state index contributed by atoms with van der Waals surface area (Å²) in [6.07, 6.45) is 2.05.